The normalized spacial score (nSPS) is 35.7. The first-order valence-corrected chi connectivity index (χ1v) is 5.57. The minimum absolute atomic E-state index is 0.709. The van der Waals surface area contributed by atoms with E-state index in [0.29, 0.717) is 6.04 Å². The maximum Gasteiger partial charge on any atom is 0.0382 e. The van der Waals surface area contributed by atoms with Gasteiger partial charge in [-0.3, -0.25) is 4.90 Å². The van der Waals surface area contributed by atoms with Crippen LogP contribution in [0.2, 0.25) is 0 Å². The van der Waals surface area contributed by atoms with Crippen LogP contribution in [0.15, 0.2) is 24.3 Å². The van der Waals surface area contributed by atoms with Crippen molar-refractivity contribution in [2.75, 3.05) is 7.05 Å². The third kappa shape index (κ3) is 0.992. The maximum absolute atomic E-state index is 2.55. The summed E-state index contributed by atoms with van der Waals surface area (Å²) < 4.78 is 0. The maximum atomic E-state index is 2.55. The lowest BCUT2D eigenvalue weighted by Gasteiger charge is -2.23. The van der Waals surface area contributed by atoms with Crippen molar-refractivity contribution in [3.63, 3.8) is 0 Å². The molecule has 0 saturated carbocycles. The molecule has 1 heterocycles. The molecular formula is C13H17N. The van der Waals surface area contributed by atoms with Crippen molar-refractivity contribution in [3.05, 3.63) is 35.4 Å². The molecule has 1 aliphatic heterocycles. The van der Waals surface area contributed by atoms with Gasteiger partial charge in [0.15, 0.2) is 0 Å². The van der Waals surface area contributed by atoms with Gasteiger partial charge in [0.1, 0.15) is 0 Å². The highest BCUT2D eigenvalue weighted by Crippen LogP contribution is 2.47. The molecule has 1 aromatic carbocycles. The van der Waals surface area contributed by atoms with Gasteiger partial charge >= 0.3 is 0 Å². The number of rotatable bonds is 0. The molecule has 0 radical (unpaired) electrons. The number of benzene rings is 1. The first-order chi connectivity index (χ1) is 6.77. The zero-order valence-corrected chi connectivity index (χ0v) is 8.90. The van der Waals surface area contributed by atoms with Crippen LogP contribution in [0.4, 0.5) is 0 Å². The summed E-state index contributed by atoms with van der Waals surface area (Å²) in [6.45, 7) is 2.35. The van der Waals surface area contributed by atoms with E-state index in [9.17, 15) is 0 Å². The summed E-state index contributed by atoms with van der Waals surface area (Å²) in [7, 11) is 2.28. The zero-order chi connectivity index (χ0) is 9.71. The lowest BCUT2D eigenvalue weighted by atomic mass is 10.0. The van der Waals surface area contributed by atoms with E-state index in [1.54, 1.807) is 11.1 Å². The Hall–Kier alpha value is -0.820. The molecule has 1 aliphatic carbocycles. The topological polar surface area (TPSA) is 3.24 Å². The van der Waals surface area contributed by atoms with Gasteiger partial charge in [0.25, 0.3) is 0 Å². The molecule has 14 heavy (non-hydrogen) atoms. The third-order valence-electron chi connectivity index (χ3n) is 4.08. The van der Waals surface area contributed by atoms with E-state index in [1.165, 1.54) is 12.8 Å². The van der Waals surface area contributed by atoms with Gasteiger partial charge in [0.2, 0.25) is 0 Å². The van der Waals surface area contributed by atoms with Gasteiger partial charge in [-0.2, -0.15) is 0 Å². The molecule has 0 bridgehead atoms. The minimum atomic E-state index is 0.709. The standard InChI is InChI=1S/C13H17N/c1-9-7-11-8-10-5-3-4-6-12(10)13(11)14(9)2/h3-6,9,11,13H,7-8H2,1-2H3. The molecule has 0 N–H and O–H groups in total. The van der Waals surface area contributed by atoms with Crippen molar-refractivity contribution in [1.29, 1.82) is 0 Å². The Balaban J connectivity index is 2.05. The zero-order valence-electron chi connectivity index (χ0n) is 8.90. The molecule has 1 saturated heterocycles. The Morgan fingerprint density at radius 1 is 1.29 bits per heavy atom. The Morgan fingerprint density at radius 2 is 2.07 bits per heavy atom. The lowest BCUT2D eigenvalue weighted by Crippen LogP contribution is -2.24. The smallest absolute Gasteiger partial charge is 0.0382 e. The summed E-state index contributed by atoms with van der Waals surface area (Å²) >= 11 is 0. The third-order valence-corrected chi connectivity index (χ3v) is 4.08. The molecule has 1 fully saturated rings. The molecule has 0 aromatic heterocycles. The summed E-state index contributed by atoms with van der Waals surface area (Å²) in [5.74, 6) is 0.882. The summed E-state index contributed by atoms with van der Waals surface area (Å²) in [6.07, 6.45) is 2.67. The summed E-state index contributed by atoms with van der Waals surface area (Å²) in [4.78, 5) is 2.55. The second kappa shape index (κ2) is 2.83. The molecule has 1 nitrogen and oxygen atoms in total. The van der Waals surface area contributed by atoms with Gasteiger partial charge in [-0.1, -0.05) is 24.3 Å². The fourth-order valence-electron chi connectivity index (χ4n) is 3.30. The van der Waals surface area contributed by atoms with E-state index < -0.39 is 0 Å². The van der Waals surface area contributed by atoms with E-state index >= 15 is 0 Å². The van der Waals surface area contributed by atoms with Crippen LogP contribution in [0.3, 0.4) is 0 Å². The quantitative estimate of drug-likeness (QED) is 0.603. The molecule has 3 rings (SSSR count). The first-order valence-electron chi connectivity index (χ1n) is 5.57. The summed E-state index contributed by atoms with van der Waals surface area (Å²) in [5, 5.41) is 0. The van der Waals surface area contributed by atoms with E-state index in [4.69, 9.17) is 0 Å². The number of fused-ring (bicyclic) bond motifs is 3. The van der Waals surface area contributed by atoms with Crippen LogP contribution in [0.5, 0.6) is 0 Å². The molecule has 0 spiro atoms. The van der Waals surface area contributed by atoms with E-state index in [1.807, 2.05) is 0 Å². The van der Waals surface area contributed by atoms with Crippen LogP contribution in [-0.2, 0) is 6.42 Å². The molecule has 1 aromatic rings. The molecule has 74 valence electrons. The fourth-order valence-corrected chi connectivity index (χ4v) is 3.30. The van der Waals surface area contributed by atoms with E-state index in [0.717, 1.165) is 12.0 Å². The average Bonchev–Trinajstić information content (AvgIpc) is 2.65. The number of hydrogen-bond acceptors (Lipinski definition) is 1. The highest BCUT2D eigenvalue weighted by atomic mass is 15.2. The Labute approximate surface area is 85.7 Å². The van der Waals surface area contributed by atoms with Crippen LogP contribution in [0, 0.1) is 5.92 Å². The van der Waals surface area contributed by atoms with Crippen LogP contribution in [-0.4, -0.2) is 18.0 Å². The van der Waals surface area contributed by atoms with Crippen LogP contribution in [0.1, 0.15) is 30.5 Å². The lowest BCUT2D eigenvalue weighted by molar-refractivity contribution is 0.246. The van der Waals surface area contributed by atoms with Crippen molar-refractivity contribution in [2.45, 2.75) is 31.8 Å². The highest BCUT2D eigenvalue weighted by molar-refractivity contribution is 5.37. The number of likely N-dealkylation sites (tertiary alicyclic amines) is 1. The van der Waals surface area contributed by atoms with E-state index in [2.05, 4.69) is 43.1 Å². The molecule has 3 unspecified atom stereocenters. The number of hydrogen-bond donors (Lipinski definition) is 0. The molecule has 3 atom stereocenters. The van der Waals surface area contributed by atoms with Crippen LogP contribution in [0.25, 0.3) is 0 Å². The molecular weight excluding hydrogens is 170 g/mol. The van der Waals surface area contributed by atoms with E-state index in [-0.39, 0.29) is 0 Å². The predicted octanol–water partition coefficient (Wildman–Crippen LogP) is 2.62. The fraction of sp³-hybridized carbons (Fsp3) is 0.538. The molecule has 0 amide bonds. The van der Waals surface area contributed by atoms with Gasteiger partial charge in [0, 0.05) is 12.1 Å². The van der Waals surface area contributed by atoms with Gasteiger partial charge in [-0.05, 0) is 43.9 Å². The second-order valence-electron chi connectivity index (χ2n) is 4.86. The first kappa shape index (κ1) is 8.49. The van der Waals surface area contributed by atoms with Crippen molar-refractivity contribution in [1.82, 2.24) is 4.90 Å². The Morgan fingerprint density at radius 3 is 2.93 bits per heavy atom. The van der Waals surface area contributed by atoms with Crippen molar-refractivity contribution < 1.29 is 0 Å². The second-order valence-corrected chi connectivity index (χ2v) is 4.86. The Bertz CT molecular complexity index is 358. The highest BCUT2D eigenvalue weighted by Gasteiger charge is 2.42. The van der Waals surface area contributed by atoms with Crippen LogP contribution < -0.4 is 0 Å². The van der Waals surface area contributed by atoms with Gasteiger partial charge in [0.05, 0.1) is 0 Å². The molecule has 2 aliphatic rings. The molecule has 1 heteroatoms. The van der Waals surface area contributed by atoms with Crippen LogP contribution >= 0.6 is 0 Å². The predicted molar refractivity (Wildman–Crippen MR) is 58.2 cm³/mol. The largest absolute Gasteiger partial charge is 0.296 e. The van der Waals surface area contributed by atoms with Crippen molar-refractivity contribution in [3.8, 4) is 0 Å². The SMILES string of the molecule is CC1CC2Cc3ccccc3C2N1C. The Kier molecular flexibility index (Phi) is 1.72. The van der Waals surface area contributed by atoms with Gasteiger partial charge in [-0.15, -0.1) is 0 Å². The summed E-state index contributed by atoms with van der Waals surface area (Å²) in [5.41, 5.74) is 3.17. The number of nitrogens with zero attached hydrogens (tertiary/aromatic N) is 1. The summed E-state index contributed by atoms with van der Waals surface area (Å²) in [6, 6.07) is 10.4. The van der Waals surface area contributed by atoms with Gasteiger partial charge < -0.3 is 0 Å². The van der Waals surface area contributed by atoms with Crippen molar-refractivity contribution in [2.24, 2.45) is 5.92 Å². The average molecular weight is 187 g/mol. The minimum Gasteiger partial charge on any atom is -0.296 e. The van der Waals surface area contributed by atoms with Crippen molar-refractivity contribution >= 4 is 0 Å². The van der Waals surface area contributed by atoms with Gasteiger partial charge in [-0.25, -0.2) is 0 Å². The monoisotopic (exact) mass is 187 g/mol.